The van der Waals surface area contributed by atoms with Gasteiger partial charge in [-0.05, 0) is 35.9 Å². The van der Waals surface area contributed by atoms with E-state index in [0.717, 1.165) is 11.3 Å². The molecule has 2 fully saturated rings. The molecule has 2 aromatic heterocycles. The molecule has 0 radical (unpaired) electrons. The molecule has 0 aliphatic carbocycles. The van der Waals surface area contributed by atoms with Gasteiger partial charge in [0.25, 0.3) is 5.56 Å². The Morgan fingerprint density at radius 2 is 1.65 bits per heavy atom. The molecule has 2 saturated heterocycles. The van der Waals surface area contributed by atoms with E-state index in [1.165, 1.54) is 6.07 Å². The van der Waals surface area contributed by atoms with Gasteiger partial charge in [0.15, 0.2) is 0 Å². The summed E-state index contributed by atoms with van der Waals surface area (Å²) in [4.78, 5) is 33.9. The first kappa shape index (κ1) is 25.7. The van der Waals surface area contributed by atoms with E-state index in [0.29, 0.717) is 42.0 Å². The summed E-state index contributed by atoms with van der Waals surface area (Å²) in [5.41, 5.74) is 0.241. The standard InChI is InChI=1S/C27H29Cl2N5O3/c1-16-12-34(13-17(2)27(16,37)18-3-5-19(28)6-4-18)26(36)22-15-33(24-9-10-25(35)32-31-24)14-21(22)23-8-7-20(29)11-30-23/h3-11,16-17,21-22,37H,12-15H2,1-2H3,(H,32,35)/t16-,17-,21+,22+/m0/s1. The van der Waals surface area contributed by atoms with E-state index in [1.807, 2.05) is 41.8 Å². The van der Waals surface area contributed by atoms with Gasteiger partial charge in [0.2, 0.25) is 5.91 Å². The summed E-state index contributed by atoms with van der Waals surface area (Å²) in [6, 6.07) is 14.0. The van der Waals surface area contributed by atoms with Crippen molar-refractivity contribution >= 4 is 34.9 Å². The zero-order valence-corrected chi connectivity index (χ0v) is 22.2. The number of amides is 1. The normalized spacial score (nSPS) is 25.3. The highest BCUT2D eigenvalue weighted by molar-refractivity contribution is 6.30. The quantitative estimate of drug-likeness (QED) is 0.522. The highest BCUT2D eigenvalue weighted by atomic mass is 35.5. The fourth-order valence-corrected chi connectivity index (χ4v) is 6.10. The van der Waals surface area contributed by atoms with E-state index >= 15 is 0 Å². The number of rotatable bonds is 4. The van der Waals surface area contributed by atoms with Crippen LogP contribution in [0.1, 0.15) is 31.0 Å². The average Bonchev–Trinajstić information content (AvgIpc) is 3.33. The van der Waals surface area contributed by atoms with Gasteiger partial charge in [0.1, 0.15) is 5.82 Å². The number of benzene rings is 1. The second kappa shape index (κ2) is 10.1. The predicted molar refractivity (Wildman–Crippen MR) is 143 cm³/mol. The van der Waals surface area contributed by atoms with Gasteiger partial charge in [-0.2, -0.15) is 5.10 Å². The molecule has 194 valence electrons. The van der Waals surface area contributed by atoms with Crippen LogP contribution in [0.3, 0.4) is 0 Å². The number of hydrogen-bond donors (Lipinski definition) is 2. The van der Waals surface area contributed by atoms with Gasteiger partial charge in [0.05, 0.1) is 16.5 Å². The molecular formula is C27H29Cl2N5O3. The molecule has 1 amide bonds. The Morgan fingerprint density at radius 3 is 2.24 bits per heavy atom. The van der Waals surface area contributed by atoms with Gasteiger partial charge in [-0.3, -0.25) is 14.6 Å². The van der Waals surface area contributed by atoms with Gasteiger partial charge in [-0.25, -0.2) is 5.10 Å². The number of likely N-dealkylation sites (tertiary alicyclic amines) is 1. The van der Waals surface area contributed by atoms with E-state index in [2.05, 4.69) is 15.2 Å². The monoisotopic (exact) mass is 541 g/mol. The molecular weight excluding hydrogens is 513 g/mol. The number of nitrogens with zero attached hydrogens (tertiary/aromatic N) is 4. The molecule has 1 aromatic carbocycles. The largest absolute Gasteiger partial charge is 0.384 e. The average molecular weight is 542 g/mol. The molecule has 2 N–H and O–H groups in total. The van der Waals surface area contributed by atoms with Crippen molar-refractivity contribution in [2.45, 2.75) is 25.4 Å². The van der Waals surface area contributed by atoms with Crippen molar-refractivity contribution in [2.75, 3.05) is 31.1 Å². The van der Waals surface area contributed by atoms with Crippen molar-refractivity contribution in [1.82, 2.24) is 20.1 Å². The summed E-state index contributed by atoms with van der Waals surface area (Å²) >= 11 is 12.1. The maximum atomic E-state index is 14.0. The number of H-pyrrole nitrogens is 1. The number of carbonyl (C=O) groups excluding carboxylic acids is 1. The molecule has 10 heteroatoms. The maximum Gasteiger partial charge on any atom is 0.264 e. The van der Waals surface area contributed by atoms with E-state index < -0.39 is 5.60 Å². The van der Waals surface area contributed by atoms with Crippen LogP contribution in [0.15, 0.2) is 59.5 Å². The maximum absolute atomic E-state index is 14.0. The summed E-state index contributed by atoms with van der Waals surface area (Å²) in [7, 11) is 0. The summed E-state index contributed by atoms with van der Waals surface area (Å²) in [5.74, 6) is -0.305. The zero-order valence-electron chi connectivity index (χ0n) is 20.6. The molecule has 0 spiro atoms. The van der Waals surface area contributed by atoms with Crippen molar-refractivity contribution in [3.63, 3.8) is 0 Å². The second-order valence-electron chi connectivity index (χ2n) is 10.2. The topological polar surface area (TPSA) is 102 Å². The molecule has 0 bridgehead atoms. The molecule has 3 aromatic rings. The smallest absolute Gasteiger partial charge is 0.264 e. The van der Waals surface area contributed by atoms with Crippen LogP contribution in [0.4, 0.5) is 5.82 Å². The third-order valence-corrected chi connectivity index (χ3v) is 8.34. The van der Waals surface area contributed by atoms with Crippen molar-refractivity contribution in [2.24, 2.45) is 17.8 Å². The Bertz CT molecular complexity index is 1300. The van der Waals surface area contributed by atoms with Gasteiger partial charge >= 0.3 is 0 Å². The highest BCUT2D eigenvalue weighted by Gasteiger charge is 2.49. The number of anilines is 1. The van der Waals surface area contributed by atoms with Crippen LogP contribution < -0.4 is 10.5 Å². The van der Waals surface area contributed by atoms with Crippen molar-refractivity contribution in [3.05, 3.63) is 86.4 Å². The van der Waals surface area contributed by atoms with Crippen molar-refractivity contribution in [1.29, 1.82) is 0 Å². The number of hydrogen-bond acceptors (Lipinski definition) is 6. The SMILES string of the molecule is C[C@H]1CN(C(=O)[C@@H]2CN(c3ccc(=O)[nH]n3)C[C@H]2c2ccc(Cl)cn2)C[C@H](C)C1(O)c1ccc(Cl)cc1. The third kappa shape index (κ3) is 4.85. The van der Waals surface area contributed by atoms with Crippen molar-refractivity contribution in [3.8, 4) is 0 Å². The van der Waals surface area contributed by atoms with Crippen LogP contribution in [-0.2, 0) is 10.4 Å². The van der Waals surface area contributed by atoms with Gasteiger partial charge < -0.3 is 14.9 Å². The number of aromatic amines is 1. The second-order valence-corrected chi connectivity index (χ2v) is 11.0. The Labute approximate surface area is 225 Å². The minimum absolute atomic E-state index is 0.0190. The Hall–Kier alpha value is -2.94. The summed E-state index contributed by atoms with van der Waals surface area (Å²) in [5, 5.41) is 19.5. The third-order valence-electron chi connectivity index (χ3n) is 7.87. The lowest BCUT2D eigenvalue weighted by Crippen LogP contribution is -2.57. The van der Waals surface area contributed by atoms with Crippen LogP contribution in [0.25, 0.3) is 0 Å². The number of pyridine rings is 1. The van der Waals surface area contributed by atoms with Crippen LogP contribution in [0.2, 0.25) is 10.0 Å². The van der Waals surface area contributed by atoms with E-state index in [1.54, 1.807) is 30.5 Å². The first-order valence-corrected chi connectivity index (χ1v) is 13.1. The highest BCUT2D eigenvalue weighted by Crippen LogP contribution is 2.43. The molecule has 0 unspecified atom stereocenters. The summed E-state index contributed by atoms with van der Waals surface area (Å²) in [6.45, 7) is 5.78. The molecule has 8 nitrogen and oxygen atoms in total. The van der Waals surface area contributed by atoms with Crippen molar-refractivity contribution < 1.29 is 9.90 Å². The predicted octanol–water partition coefficient (Wildman–Crippen LogP) is 3.69. The number of piperidine rings is 1. The van der Waals surface area contributed by atoms with E-state index in [4.69, 9.17) is 23.2 Å². The number of aromatic nitrogens is 3. The first-order valence-electron chi connectivity index (χ1n) is 12.4. The van der Waals surface area contributed by atoms with Crippen LogP contribution in [-0.4, -0.2) is 57.3 Å². The lowest BCUT2D eigenvalue weighted by molar-refractivity contribution is -0.152. The molecule has 4 heterocycles. The Balaban J connectivity index is 1.41. The summed E-state index contributed by atoms with van der Waals surface area (Å²) in [6.07, 6.45) is 1.59. The molecule has 37 heavy (non-hydrogen) atoms. The molecule has 2 aliphatic heterocycles. The minimum Gasteiger partial charge on any atom is -0.384 e. The lowest BCUT2D eigenvalue weighted by atomic mass is 9.70. The van der Waals surface area contributed by atoms with Crippen LogP contribution in [0.5, 0.6) is 0 Å². The van der Waals surface area contributed by atoms with E-state index in [-0.39, 0.29) is 35.1 Å². The fraction of sp³-hybridized carbons (Fsp3) is 0.407. The Kier molecular flexibility index (Phi) is 7.00. The molecule has 5 rings (SSSR count). The lowest BCUT2D eigenvalue weighted by Gasteiger charge is -2.48. The Morgan fingerprint density at radius 1 is 0.973 bits per heavy atom. The number of halogens is 2. The summed E-state index contributed by atoms with van der Waals surface area (Å²) < 4.78 is 0. The minimum atomic E-state index is -1.07. The number of nitrogens with one attached hydrogen (secondary N) is 1. The fourth-order valence-electron chi connectivity index (χ4n) is 5.86. The van der Waals surface area contributed by atoms with Gasteiger partial charge in [0, 0.05) is 66.9 Å². The molecule has 4 atom stereocenters. The molecule has 2 aliphatic rings. The van der Waals surface area contributed by atoms with Gasteiger partial charge in [-0.1, -0.05) is 49.2 Å². The number of aliphatic hydroxyl groups is 1. The number of carbonyl (C=O) groups is 1. The van der Waals surface area contributed by atoms with E-state index in [9.17, 15) is 14.7 Å². The van der Waals surface area contributed by atoms with Crippen LogP contribution >= 0.6 is 23.2 Å². The first-order chi connectivity index (χ1) is 17.7. The van der Waals surface area contributed by atoms with Gasteiger partial charge in [-0.15, -0.1) is 0 Å². The zero-order chi connectivity index (χ0) is 26.3. The molecule has 0 saturated carbocycles. The van der Waals surface area contributed by atoms with Crippen LogP contribution in [0, 0.1) is 17.8 Å².